The molecule has 0 aliphatic rings. The van der Waals surface area contributed by atoms with E-state index in [9.17, 15) is 8.42 Å². The largest absolute Gasteiger partial charge is 0.491 e. The highest BCUT2D eigenvalue weighted by atomic mass is 35.5. The molecule has 2 aromatic carbocycles. The smallest absolute Gasteiger partial charge is 0.240 e. The lowest BCUT2D eigenvalue weighted by molar-refractivity contribution is 0.323. The third kappa shape index (κ3) is 4.64. The van der Waals surface area contributed by atoms with Gasteiger partial charge in [0.25, 0.3) is 0 Å². The van der Waals surface area contributed by atoms with Gasteiger partial charge in [-0.2, -0.15) is 0 Å². The Morgan fingerprint density at radius 3 is 2.45 bits per heavy atom. The molecule has 0 aromatic heterocycles. The fourth-order valence-corrected chi connectivity index (χ4v) is 3.35. The number of sulfonamides is 1. The summed E-state index contributed by atoms with van der Waals surface area (Å²) < 4.78 is 32.2. The van der Waals surface area contributed by atoms with Crippen molar-refractivity contribution in [3.8, 4) is 5.75 Å². The minimum atomic E-state index is -3.52. The quantitative estimate of drug-likeness (QED) is 0.609. The van der Waals surface area contributed by atoms with E-state index in [1.54, 1.807) is 60.3 Å². The van der Waals surface area contributed by atoms with Crippen LogP contribution in [0.3, 0.4) is 0 Å². The normalized spacial score (nSPS) is 11.4. The molecule has 0 atom stereocenters. The summed E-state index contributed by atoms with van der Waals surface area (Å²) in [6.07, 6.45) is 1.94. The molecule has 2 rings (SSSR count). The lowest BCUT2D eigenvalue weighted by Gasteiger charge is -2.09. The molecule has 0 aliphatic heterocycles. The number of para-hydroxylation sites is 1. The molecule has 0 amide bonds. The summed E-state index contributed by atoms with van der Waals surface area (Å²) >= 11 is 7.51. The van der Waals surface area contributed by atoms with Gasteiger partial charge in [0.1, 0.15) is 12.4 Å². The molecule has 7 heteroatoms. The van der Waals surface area contributed by atoms with E-state index in [4.69, 9.17) is 16.3 Å². The van der Waals surface area contributed by atoms with Gasteiger partial charge in [-0.25, -0.2) is 13.1 Å². The minimum absolute atomic E-state index is 0.165. The van der Waals surface area contributed by atoms with E-state index < -0.39 is 10.0 Å². The summed E-state index contributed by atoms with van der Waals surface area (Å²) in [5.41, 5.74) is 0. The Morgan fingerprint density at radius 2 is 1.82 bits per heavy atom. The molecule has 0 bridgehead atoms. The number of hydrogen-bond donors (Lipinski definition) is 1. The van der Waals surface area contributed by atoms with Crippen LogP contribution in [0.2, 0.25) is 5.02 Å². The molecule has 1 N–H and O–H groups in total. The van der Waals surface area contributed by atoms with Crippen LogP contribution in [0.15, 0.2) is 58.3 Å². The van der Waals surface area contributed by atoms with E-state index >= 15 is 0 Å². The van der Waals surface area contributed by atoms with Gasteiger partial charge in [0.15, 0.2) is 0 Å². The Bertz CT molecular complexity index is 718. The van der Waals surface area contributed by atoms with Crippen LogP contribution in [0.25, 0.3) is 0 Å². The number of hydrogen-bond acceptors (Lipinski definition) is 4. The summed E-state index contributed by atoms with van der Waals surface area (Å²) in [5.74, 6) is 0.535. The summed E-state index contributed by atoms with van der Waals surface area (Å²) in [4.78, 5) is 1.25. The molecule has 22 heavy (non-hydrogen) atoms. The number of halogens is 1. The van der Waals surface area contributed by atoms with Crippen molar-refractivity contribution >= 4 is 33.4 Å². The van der Waals surface area contributed by atoms with Crippen LogP contribution in [0.1, 0.15) is 0 Å². The topological polar surface area (TPSA) is 55.4 Å². The molecule has 0 spiro atoms. The van der Waals surface area contributed by atoms with Gasteiger partial charge in [0, 0.05) is 11.4 Å². The van der Waals surface area contributed by atoms with Gasteiger partial charge in [-0.3, -0.25) is 0 Å². The summed E-state index contributed by atoms with van der Waals surface area (Å²) in [5, 5.41) is 0.498. The van der Waals surface area contributed by atoms with Crippen LogP contribution in [-0.2, 0) is 10.0 Å². The summed E-state index contributed by atoms with van der Waals surface area (Å²) in [6.45, 7) is 0.365. The predicted octanol–water partition coefficient (Wildman–Crippen LogP) is 3.42. The highest BCUT2D eigenvalue weighted by Crippen LogP contribution is 2.22. The molecule has 0 radical (unpaired) electrons. The first-order valence-electron chi connectivity index (χ1n) is 6.54. The standard InChI is InChI=1S/C15H16ClNO3S2/c1-21-12-6-8-13(9-7-12)22(18,19)17-10-11-20-15-5-3-2-4-14(15)16/h2-9,17H,10-11H2,1H3. The van der Waals surface area contributed by atoms with Crippen LogP contribution >= 0.6 is 23.4 Å². The number of benzene rings is 2. The number of nitrogens with one attached hydrogen (secondary N) is 1. The Hall–Kier alpha value is -1.21. The van der Waals surface area contributed by atoms with Crippen LogP contribution in [0, 0.1) is 0 Å². The van der Waals surface area contributed by atoms with E-state index in [2.05, 4.69) is 4.72 Å². The third-order valence-electron chi connectivity index (χ3n) is 2.86. The molecule has 0 saturated carbocycles. The van der Waals surface area contributed by atoms with E-state index in [0.29, 0.717) is 10.8 Å². The van der Waals surface area contributed by atoms with Gasteiger partial charge in [0.05, 0.1) is 9.92 Å². The molecule has 2 aromatic rings. The average molecular weight is 358 g/mol. The van der Waals surface area contributed by atoms with Crippen molar-refractivity contribution in [2.75, 3.05) is 19.4 Å². The Balaban J connectivity index is 1.88. The lowest BCUT2D eigenvalue weighted by Crippen LogP contribution is -2.28. The molecule has 0 unspecified atom stereocenters. The summed E-state index contributed by atoms with van der Waals surface area (Å²) in [7, 11) is -3.52. The first-order chi connectivity index (χ1) is 10.5. The van der Waals surface area contributed by atoms with Crippen molar-refractivity contribution in [3.05, 3.63) is 53.6 Å². The molecule has 0 fully saturated rings. The minimum Gasteiger partial charge on any atom is -0.491 e. The molecule has 0 saturated heterocycles. The monoisotopic (exact) mass is 357 g/mol. The van der Waals surface area contributed by atoms with Gasteiger partial charge in [-0.15, -0.1) is 11.8 Å². The lowest BCUT2D eigenvalue weighted by atomic mass is 10.3. The van der Waals surface area contributed by atoms with Gasteiger partial charge >= 0.3 is 0 Å². The maximum Gasteiger partial charge on any atom is 0.240 e. The first kappa shape index (κ1) is 17.1. The highest BCUT2D eigenvalue weighted by molar-refractivity contribution is 7.98. The zero-order chi connectivity index (χ0) is 16.0. The highest BCUT2D eigenvalue weighted by Gasteiger charge is 2.13. The number of thioether (sulfide) groups is 1. The third-order valence-corrected chi connectivity index (χ3v) is 5.39. The second kappa shape index (κ2) is 7.87. The van der Waals surface area contributed by atoms with Crippen LogP contribution in [-0.4, -0.2) is 27.8 Å². The van der Waals surface area contributed by atoms with E-state index in [-0.39, 0.29) is 18.0 Å². The zero-order valence-electron chi connectivity index (χ0n) is 12.0. The fourth-order valence-electron chi connectivity index (χ4n) is 1.74. The Morgan fingerprint density at radius 1 is 1.14 bits per heavy atom. The average Bonchev–Trinajstić information content (AvgIpc) is 2.53. The van der Waals surface area contributed by atoms with Crippen LogP contribution < -0.4 is 9.46 Å². The molecular formula is C15H16ClNO3S2. The van der Waals surface area contributed by atoms with E-state index in [1.165, 1.54) is 0 Å². The van der Waals surface area contributed by atoms with E-state index in [0.717, 1.165) is 4.90 Å². The van der Waals surface area contributed by atoms with Crippen LogP contribution in [0.4, 0.5) is 0 Å². The molecule has 0 heterocycles. The SMILES string of the molecule is CSc1ccc(S(=O)(=O)NCCOc2ccccc2Cl)cc1. The van der Waals surface area contributed by atoms with Crippen molar-refractivity contribution in [1.29, 1.82) is 0 Å². The van der Waals surface area contributed by atoms with Crippen molar-refractivity contribution in [3.63, 3.8) is 0 Å². The molecule has 4 nitrogen and oxygen atoms in total. The van der Waals surface area contributed by atoms with Gasteiger partial charge in [-0.05, 0) is 42.7 Å². The second-order valence-corrected chi connectivity index (χ2v) is 7.41. The first-order valence-corrected chi connectivity index (χ1v) is 9.62. The Labute approximate surface area is 139 Å². The number of ether oxygens (including phenoxy) is 1. The maximum absolute atomic E-state index is 12.1. The molecule has 0 aliphatic carbocycles. The van der Waals surface area contributed by atoms with Crippen molar-refractivity contribution in [2.24, 2.45) is 0 Å². The summed E-state index contributed by atoms with van der Waals surface area (Å²) in [6, 6.07) is 13.8. The zero-order valence-corrected chi connectivity index (χ0v) is 14.3. The molecular weight excluding hydrogens is 342 g/mol. The number of rotatable bonds is 7. The van der Waals surface area contributed by atoms with Gasteiger partial charge in [0.2, 0.25) is 10.0 Å². The predicted molar refractivity (Wildman–Crippen MR) is 90.4 cm³/mol. The van der Waals surface area contributed by atoms with Crippen molar-refractivity contribution in [2.45, 2.75) is 9.79 Å². The van der Waals surface area contributed by atoms with Crippen LogP contribution in [0.5, 0.6) is 5.75 Å². The van der Waals surface area contributed by atoms with Gasteiger partial charge < -0.3 is 4.74 Å². The Kier molecular flexibility index (Phi) is 6.14. The van der Waals surface area contributed by atoms with E-state index in [1.807, 2.05) is 6.26 Å². The second-order valence-electron chi connectivity index (χ2n) is 4.35. The maximum atomic E-state index is 12.1. The fraction of sp³-hybridized carbons (Fsp3) is 0.200. The van der Waals surface area contributed by atoms with Crippen molar-refractivity contribution < 1.29 is 13.2 Å². The van der Waals surface area contributed by atoms with Gasteiger partial charge in [-0.1, -0.05) is 23.7 Å². The molecule has 118 valence electrons. The van der Waals surface area contributed by atoms with Crippen molar-refractivity contribution in [1.82, 2.24) is 4.72 Å².